The topological polar surface area (TPSA) is 41.5 Å². The van der Waals surface area contributed by atoms with Crippen molar-refractivity contribution in [3.05, 3.63) is 64.7 Å². The van der Waals surface area contributed by atoms with Crippen LogP contribution in [0.3, 0.4) is 0 Å². The molecule has 112 valence electrons. The van der Waals surface area contributed by atoms with Crippen molar-refractivity contribution in [2.24, 2.45) is 10.9 Å². The summed E-state index contributed by atoms with van der Waals surface area (Å²) in [7, 11) is 0. The van der Waals surface area contributed by atoms with E-state index in [1.54, 1.807) is 6.07 Å². The molecule has 1 N–H and O–H groups in total. The lowest BCUT2D eigenvalue weighted by Gasteiger charge is -2.14. The number of fused-ring (bicyclic) bond motifs is 1. The third-order valence-corrected chi connectivity index (χ3v) is 3.95. The molecule has 1 atom stereocenters. The first-order valence-electron chi connectivity index (χ1n) is 7.30. The number of nitrogens with one attached hydrogen (secondary N) is 1. The molecule has 0 bridgehead atoms. The van der Waals surface area contributed by atoms with E-state index in [0.717, 1.165) is 22.5 Å². The maximum absolute atomic E-state index is 12.4. The van der Waals surface area contributed by atoms with Gasteiger partial charge in [0.1, 0.15) is 6.04 Å². The number of hydrogen-bond donors (Lipinski definition) is 1. The van der Waals surface area contributed by atoms with Crippen LogP contribution in [0.2, 0.25) is 5.02 Å². The van der Waals surface area contributed by atoms with Crippen LogP contribution in [0.5, 0.6) is 0 Å². The number of nitrogens with zero attached hydrogens (tertiary/aromatic N) is 1. The van der Waals surface area contributed by atoms with Crippen LogP contribution >= 0.6 is 11.6 Å². The largest absolute Gasteiger partial charge is 0.324 e. The molecule has 4 heteroatoms. The van der Waals surface area contributed by atoms with Crippen LogP contribution in [0, 0.1) is 5.92 Å². The number of benzene rings is 2. The predicted molar refractivity (Wildman–Crippen MR) is 90.8 cm³/mol. The number of anilines is 1. The molecule has 0 fully saturated rings. The molecule has 0 radical (unpaired) electrons. The highest BCUT2D eigenvalue weighted by atomic mass is 35.5. The number of carbonyl (C=O) groups excluding carboxylic acids is 1. The smallest absolute Gasteiger partial charge is 0.249 e. The van der Waals surface area contributed by atoms with E-state index in [-0.39, 0.29) is 11.8 Å². The van der Waals surface area contributed by atoms with Gasteiger partial charge < -0.3 is 5.32 Å². The summed E-state index contributed by atoms with van der Waals surface area (Å²) in [6, 6.07) is 14.9. The fourth-order valence-corrected chi connectivity index (χ4v) is 2.75. The standard InChI is InChI=1S/C18H17ClN2O/c1-11(2)16-18(22)20-15-9-8-13(19)10-14(15)17(21-16)12-6-4-3-5-7-12/h3-11,16H,1-2H3,(H,20,22). The molecule has 1 heterocycles. The van der Waals surface area contributed by atoms with Crippen molar-refractivity contribution in [1.29, 1.82) is 0 Å². The molecule has 1 amide bonds. The first-order chi connectivity index (χ1) is 10.6. The molecule has 0 saturated heterocycles. The van der Waals surface area contributed by atoms with Gasteiger partial charge in [-0.1, -0.05) is 55.8 Å². The zero-order chi connectivity index (χ0) is 15.7. The summed E-state index contributed by atoms with van der Waals surface area (Å²) < 4.78 is 0. The van der Waals surface area contributed by atoms with Crippen molar-refractivity contribution in [1.82, 2.24) is 0 Å². The first kappa shape index (κ1) is 14.8. The second-order valence-electron chi connectivity index (χ2n) is 5.71. The van der Waals surface area contributed by atoms with E-state index >= 15 is 0 Å². The van der Waals surface area contributed by atoms with Crippen molar-refractivity contribution in [2.75, 3.05) is 5.32 Å². The Morgan fingerprint density at radius 1 is 1.14 bits per heavy atom. The summed E-state index contributed by atoms with van der Waals surface area (Å²) in [6.07, 6.45) is 0. The minimum absolute atomic E-state index is 0.0792. The Labute approximate surface area is 135 Å². The molecule has 3 nitrogen and oxygen atoms in total. The van der Waals surface area contributed by atoms with Gasteiger partial charge in [-0.25, -0.2) is 0 Å². The quantitative estimate of drug-likeness (QED) is 0.889. The number of halogens is 1. The molecule has 1 unspecified atom stereocenters. The van der Waals surface area contributed by atoms with E-state index in [2.05, 4.69) is 5.32 Å². The van der Waals surface area contributed by atoms with Gasteiger partial charge in [-0.2, -0.15) is 0 Å². The van der Waals surface area contributed by atoms with Crippen LogP contribution in [0.1, 0.15) is 25.0 Å². The number of aliphatic imine (C=N–C) groups is 1. The van der Waals surface area contributed by atoms with Gasteiger partial charge in [-0.15, -0.1) is 0 Å². The summed E-state index contributed by atoms with van der Waals surface area (Å²) >= 11 is 6.15. The highest BCUT2D eigenvalue weighted by molar-refractivity contribution is 6.32. The van der Waals surface area contributed by atoms with Gasteiger partial charge in [-0.05, 0) is 24.1 Å². The molecule has 22 heavy (non-hydrogen) atoms. The minimum Gasteiger partial charge on any atom is -0.324 e. The number of hydrogen-bond acceptors (Lipinski definition) is 2. The molecular formula is C18H17ClN2O. The second-order valence-corrected chi connectivity index (χ2v) is 6.15. The molecule has 0 spiro atoms. The SMILES string of the molecule is CC(C)C1N=C(c2ccccc2)c2cc(Cl)ccc2NC1=O. The number of rotatable bonds is 2. The normalized spacial score (nSPS) is 17.5. The van der Waals surface area contributed by atoms with E-state index in [9.17, 15) is 4.79 Å². The van der Waals surface area contributed by atoms with Crippen LogP contribution < -0.4 is 5.32 Å². The Balaban J connectivity index is 2.23. The lowest BCUT2D eigenvalue weighted by atomic mass is 10.00. The second kappa shape index (κ2) is 5.93. The highest BCUT2D eigenvalue weighted by Gasteiger charge is 2.28. The van der Waals surface area contributed by atoms with Crippen LogP contribution in [-0.4, -0.2) is 17.7 Å². The van der Waals surface area contributed by atoms with E-state index in [4.69, 9.17) is 16.6 Å². The molecule has 0 aromatic heterocycles. The summed E-state index contributed by atoms with van der Waals surface area (Å²) in [5.41, 5.74) is 3.39. The van der Waals surface area contributed by atoms with E-state index < -0.39 is 6.04 Å². The maximum Gasteiger partial charge on any atom is 0.249 e. The highest BCUT2D eigenvalue weighted by Crippen LogP contribution is 2.28. The van der Waals surface area contributed by atoms with Gasteiger partial charge in [0.05, 0.1) is 11.4 Å². The Kier molecular flexibility index (Phi) is 3.99. The van der Waals surface area contributed by atoms with Gasteiger partial charge in [0.2, 0.25) is 5.91 Å². The van der Waals surface area contributed by atoms with Crippen molar-refractivity contribution in [2.45, 2.75) is 19.9 Å². The first-order valence-corrected chi connectivity index (χ1v) is 7.68. The minimum atomic E-state index is -0.415. The summed E-state index contributed by atoms with van der Waals surface area (Å²) in [5, 5.41) is 3.59. The van der Waals surface area contributed by atoms with Crippen molar-refractivity contribution >= 4 is 28.9 Å². The Bertz CT molecular complexity index is 738. The van der Waals surface area contributed by atoms with Crippen LogP contribution in [0.25, 0.3) is 0 Å². The molecule has 3 rings (SSSR count). The van der Waals surface area contributed by atoms with Gasteiger partial charge in [0, 0.05) is 16.1 Å². The lowest BCUT2D eigenvalue weighted by Crippen LogP contribution is -2.30. The number of benzodiazepines with no additional fused rings is 1. The number of carbonyl (C=O) groups is 1. The van der Waals surface area contributed by atoms with Gasteiger partial charge in [0.25, 0.3) is 0 Å². The third kappa shape index (κ3) is 2.77. The monoisotopic (exact) mass is 312 g/mol. The van der Waals surface area contributed by atoms with Crippen molar-refractivity contribution in [3.63, 3.8) is 0 Å². The van der Waals surface area contributed by atoms with E-state index in [1.165, 1.54) is 0 Å². The molecule has 0 aliphatic carbocycles. The fourth-order valence-electron chi connectivity index (χ4n) is 2.57. The van der Waals surface area contributed by atoms with Crippen LogP contribution in [-0.2, 0) is 4.79 Å². The van der Waals surface area contributed by atoms with E-state index in [0.29, 0.717) is 5.02 Å². The average Bonchev–Trinajstić information content (AvgIpc) is 2.64. The molecule has 1 aliphatic heterocycles. The maximum atomic E-state index is 12.4. The summed E-state index contributed by atoms with van der Waals surface area (Å²) in [5.74, 6) is 0.0352. The van der Waals surface area contributed by atoms with Gasteiger partial charge in [-0.3, -0.25) is 9.79 Å². The molecule has 2 aromatic carbocycles. The summed E-state index contributed by atoms with van der Waals surface area (Å²) in [6.45, 7) is 4.00. The van der Waals surface area contributed by atoms with Gasteiger partial charge >= 0.3 is 0 Å². The van der Waals surface area contributed by atoms with Crippen molar-refractivity contribution < 1.29 is 4.79 Å². The Hall–Kier alpha value is -2.13. The predicted octanol–water partition coefficient (Wildman–Crippen LogP) is 4.15. The molecule has 2 aromatic rings. The summed E-state index contributed by atoms with van der Waals surface area (Å²) in [4.78, 5) is 17.2. The molecular weight excluding hydrogens is 296 g/mol. The zero-order valence-electron chi connectivity index (χ0n) is 12.5. The number of amides is 1. The van der Waals surface area contributed by atoms with Crippen LogP contribution in [0.4, 0.5) is 5.69 Å². The lowest BCUT2D eigenvalue weighted by molar-refractivity contribution is -0.118. The zero-order valence-corrected chi connectivity index (χ0v) is 13.3. The third-order valence-electron chi connectivity index (χ3n) is 3.71. The average molecular weight is 313 g/mol. The van der Waals surface area contributed by atoms with E-state index in [1.807, 2.05) is 56.3 Å². The molecule has 0 saturated carbocycles. The van der Waals surface area contributed by atoms with Crippen LogP contribution in [0.15, 0.2) is 53.5 Å². The fraction of sp³-hybridized carbons (Fsp3) is 0.222. The Morgan fingerprint density at radius 2 is 1.86 bits per heavy atom. The van der Waals surface area contributed by atoms with Gasteiger partial charge in [0.15, 0.2) is 0 Å². The molecule has 1 aliphatic rings. The Morgan fingerprint density at radius 3 is 2.55 bits per heavy atom. The van der Waals surface area contributed by atoms with Crippen molar-refractivity contribution in [3.8, 4) is 0 Å².